The van der Waals surface area contributed by atoms with Gasteiger partial charge in [0.05, 0.1) is 5.71 Å². The van der Waals surface area contributed by atoms with Crippen molar-refractivity contribution in [1.82, 2.24) is 0 Å². The molecule has 0 atom stereocenters. The van der Waals surface area contributed by atoms with Crippen LogP contribution >= 0.6 is 12.4 Å². The lowest BCUT2D eigenvalue weighted by Gasteiger charge is -2.31. The lowest BCUT2D eigenvalue weighted by molar-refractivity contribution is 0.108. The Morgan fingerprint density at radius 3 is 1.81 bits per heavy atom. The van der Waals surface area contributed by atoms with E-state index >= 15 is 0 Å². The summed E-state index contributed by atoms with van der Waals surface area (Å²) in [5, 5.41) is 0. The molecule has 2 aromatic carbocycles. The van der Waals surface area contributed by atoms with E-state index in [2.05, 4.69) is 4.99 Å². The molecule has 4 heteroatoms. The van der Waals surface area contributed by atoms with Crippen molar-refractivity contribution >= 4 is 18.1 Å². The molecule has 0 fully saturated rings. The monoisotopic (exact) mass is 300 g/mol. The maximum absolute atomic E-state index is 6.03. The Balaban J connectivity index is 0.00000161. The highest BCUT2D eigenvalue weighted by Crippen LogP contribution is 2.40. The first-order valence-electron chi connectivity index (χ1n) is 6.52. The van der Waals surface area contributed by atoms with E-state index < -0.39 is 5.60 Å². The molecule has 1 aliphatic heterocycles. The quantitative estimate of drug-likeness (QED) is 0.925. The van der Waals surface area contributed by atoms with Gasteiger partial charge in [0.1, 0.15) is 0 Å². The van der Waals surface area contributed by atoms with Crippen molar-refractivity contribution in [3.8, 4) is 0 Å². The molecule has 1 heterocycles. The average molecular weight is 301 g/mol. The zero-order chi connectivity index (χ0) is 14.0. The predicted octanol–water partition coefficient (Wildman–Crippen LogP) is 3.25. The zero-order valence-electron chi connectivity index (χ0n) is 11.7. The van der Waals surface area contributed by atoms with Gasteiger partial charge in [-0.05, 0) is 0 Å². The highest BCUT2D eigenvalue weighted by molar-refractivity contribution is 6.06. The Bertz CT molecular complexity index is 626. The van der Waals surface area contributed by atoms with Gasteiger partial charge in [-0.3, -0.25) is 4.99 Å². The molecule has 0 spiro atoms. The van der Waals surface area contributed by atoms with Gasteiger partial charge in [-0.1, -0.05) is 60.7 Å². The van der Waals surface area contributed by atoms with Crippen molar-refractivity contribution < 1.29 is 4.74 Å². The van der Waals surface area contributed by atoms with Crippen LogP contribution < -0.4 is 5.73 Å². The molecule has 0 saturated heterocycles. The SMILES string of the molecule is CN=C1C=C(N)OC1(c1ccccc1)c1ccccc1.Cl. The molecular weight excluding hydrogens is 284 g/mol. The number of hydrogen-bond donors (Lipinski definition) is 1. The normalized spacial score (nSPS) is 17.8. The van der Waals surface area contributed by atoms with Gasteiger partial charge >= 0.3 is 0 Å². The Hall–Kier alpha value is -2.26. The average Bonchev–Trinajstić information content (AvgIpc) is 2.87. The summed E-state index contributed by atoms with van der Waals surface area (Å²) in [6, 6.07) is 20.1. The van der Waals surface area contributed by atoms with Crippen LogP contribution in [0.5, 0.6) is 0 Å². The molecule has 3 nitrogen and oxygen atoms in total. The summed E-state index contributed by atoms with van der Waals surface area (Å²) in [7, 11) is 1.76. The lowest BCUT2D eigenvalue weighted by Crippen LogP contribution is -2.35. The minimum Gasteiger partial charge on any atom is -0.457 e. The van der Waals surface area contributed by atoms with E-state index in [4.69, 9.17) is 10.5 Å². The molecule has 1 aliphatic rings. The number of hydrogen-bond acceptors (Lipinski definition) is 3. The highest BCUT2D eigenvalue weighted by atomic mass is 35.5. The Kier molecular flexibility index (Phi) is 4.34. The van der Waals surface area contributed by atoms with Crippen LogP contribution in [0.4, 0.5) is 0 Å². The second kappa shape index (κ2) is 6.02. The minimum atomic E-state index is -0.749. The Morgan fingerprint density at radius 1 is 0.905 bits per heavy atom. The van der Waals surface area contributed by atoms with Gasteiger partial charge in [0.15, 0.2) is 5.88 Å². The van der Waals surface area contributed by atoms with Gasteiger partial charge in [-0.25, -0.2) is 0 Å². The fourth-order valence-electron chi connectivity index (χ4n) is 2.64. The molecule has 0 bridgehead atoms. The third-order valence-electron chi connectivity index (χ3n) is 3.51. The molecular formula is C17H17ClN2O. The number of benzene rings is 2. The molecule has 0 aromatic heterocycles. The van der Waals surface area contributed by atoms with Gasteiger partial charge in [0, 0.05) is 24.3 Å². The zero-order valence-corrected chi connectivity index (χ0v) is 12.5. The number of nitrogens with two attached hydrogens (primary N) is 1. The maximum Gasteiger partial charge on any atom is 0.202 e. The van der Waals surface area contributed by atoms with E-state index in [1.54, 1.807) is 13.1 Å². The van der Waals surface area contributed by atoms with Crippen LogP contribution in [-0.4, -0.2) is 12.8 Å². The van der Waals surface area contributed by atoms with E-state index in [1.165, 1.54) is 0 Å². The first-order chi connectivity index (χ1) is 9.77. The van der Waals surface area contributed by atoms with Crippen LogP contribution in [0.2, 0.25) is 0 Å². The van der Waals surface area contributed by atoms with Crippen LogP contribution in [-0.2, 0) is 10.3 Å². The summed E-state index contributed by atoms with van der Waals surface area (Å²) in [5.41, 5.74) is 8.01. The van der Waals surface area contributed by atoms with Gasteiger partial charge < -0.3 is 10.5 Å². The molecule has 108 valence electrons. The van der Waals surface area contributed by atoms with E-state index in [-0.39, 0.29) is 12.4 Å². The molecule has 2 aromatic rings. The van der Waals surface area contributed by atoms with Gasteiger partial charge in [0.25, 0.3) is 0 Å². The van der Waals surface area contributed by atoms with Crippen LogP contribution in [0.15, 0.2) is 77.6 Å². The number of aliphatic imine (C=N–C) groups is 1. The van der Waals surface area contributed by atoms with Crippen LogP contribution in [0.25, 0.3) is 0 Å². The van der Waals surface area contributed by atoms with Crippen molar-refractivity contribution in [2.24, 2.45) is 10.7 Å². The molecule has 0 aliphatic carbocycles. The molecule has 0 amide bonds. The number of nitrogens with zero attached hydrogens (tertiary/aromatic N) is 1. The van der Waals surface area contributed by atoms with E-state index in [0.717, 1.165) is 16.8 Å². The summed E-state index contributed by atoms with van der Waals surface area (Å²) in [5.74, 6) is 0.387. The number of ether oxygens (including phenoxy) is 1. The maximum atomic E-state index is 6.03. The first-order valence-corrected chi connectivity index (χ1v) is 6.52. The van der Waals surface area contributed by atoms with Crippen molar-refractivity contribution in [3.05, 3.63) is 83.7 Å². The van der Waals surface area contributed by atoms with Crippen molar-refractivity contribution in [3.63, 3.8) is 0 Å². The topological polar surface area (TPSA) is 47.6 Å². The third-order valence-corrected chi connectivity index (χ3v) is 3.51. The van der Waals surface area contributed by atoms with E-state index in [9.17, 15) is 0 Å². The summed E-state index contributed by atoms with van der Waals surface area (Å²) in [4.78, 5) is 4.38. The highest BCUT2D eigenvalue weighted by Gasteiger charge is 2.45. The molecule has 0 unspecified atom stereocenters. The summed E-state index contributed by atoms with van der Waals surface area (Å²) in [6.45, 7) is 0. The number of rotatable bonds is 2. The van der Waals surface area contributed by atoms with Crippen LogP contribution in [0.3, 0.4) is 0 Å². The smallest absolute Gasteiger partial charge is 0.202 e. The van der Waals surface area contributed by atoms with Crippen LogP contribution in [0, 0.1) is 0 Å². The predicted molar refractivity (Wildman–Crippen MR) is 87.6 cm³/mol. The molecule has 0 saturated carbocycles. The van der Waals surface area contributed by atoms with Crippen molar-refractivity contribution in [1.29, 1.82) is 0 Å². The van der Waals surface area contributed by atoms with Gasteiger partial charge in [0.2, 0.25) is 5.60 Å². The largest absolute Gasteiger partial charge is 0.457 e. The molecule has 0 radical (unpaired) electrons. The lowest BCUT2D eigenvalue weighted by atomic mass is 9.83. The Morgan fingerprint density at radius 2 is 1.38 bits per heavy atom. The van der Waals surface area contributed by atoms with E-state index in [1.807, 2.05) is 60.7 Å². The van der Waals surface area contributed by atoms with Crippen molar-refractivity contribution in [2.45, 2.75) is 5.60 Å². The molecule has 3 rings (SSSR count). The fraction of sp³-hybridized carbons (Fsp3) is 0.118. The standard InChI is InChI=1S/C17H16N2O.ClH/c1-19-15-12-16(18)20-17(15,13-8-4-2-5-9-13)14-10-6-3-7-11-14;/h2-12H,18H2,1H3;1H. The first kappa shape index (κ1) is 15.1. The minimum absolute atomic E-state index is 0. The Labute approximate surface area is 130 Å². The molecule has 21 heavy (non-hydrogen) atoms. The second-order valence-corrected chi connectivity index (χ2v) is 4.67. The van der Waals surface area contributed by atoms with Gasteiger partial charge in [-0.2, -0.15) is 0 Å². The summed E-state index contributed by atoms with van der Waals surface area (Å²) in [6.07, 6.45) is 1.79. The van der Waals surface area contributed by atoms with Crippen molar-refractivity contribution in [2.75, 3.05) is 7.05 Å². The summed E-state index contributed by atoms with van der Waals surface area (Å²) >= 11 is 0. The molecule has 2 N–H and O–H groups in total. The second-order valence-electron chi connectivity index (χ2n) is 4.67. The fourth-order valence-corrected chi connectivity index (χ4v) is 2.64. The third kappa shape index (κ3) is 2.41. The van der Waals surface area contributed by atoms with Gasteiger partial charge in [-0.15, -0.1) is 12.4 Å². The van der Waals surface area contributed by atoms with Crippen LogP contribution in [0.1, 0.15) is 11.1 Å². The summed E-state index contributed by atoms with van der Waals surface area (Å²) < 4.78 is 6.03. The van der Waals surface area contributed by atoms with E-state index in [0.29, 0.717) is 5.88 Å². The number of halogens is 1.